The van der Waals surface area contributed by atoms with E-state index in [1.807, 2.05) is 26.2 Å². The van der Waals surface area contributed by atoms with Crippen molar-refractivity contribution in [1.82, 2.24) is 14.9 Å². The molecule has 0 aliphatic carbocycles. The highest BCUT2D eigenvalue weighted by molar-refractivity contribution is 5.80. The van der Waals surface area contributed by atoms with Gasteiger partial charge >= 0.3 is 0 Å². The zero-order valence-electron chi connectivity index (χ0n) is 11.1. The van der Waals surface area contributed by atoms with E-state index < -0.39 is 0 Å². The van der Waals surface area contributed by atoms with E-state index in [-0.39, 0.29) is 0 Å². The molecule has 0 bridgehead atoms. The Labute approximate surface area is 108 Å². The fourth-order valence-electron chi connectivity index (χ4n) is 2.18. The fraction of sp³-hybridized carbons (Fsp3) is 0.500. The van der Waals surface area contributed by atoms with E-state index >= 15 is 0 Å². The van der Waals surface area contributed by atoms with Crippen LogP contribution in [-0.4, -0.2) is 29.8 Å². The first-order valence-corrected chi connectivity index (χ1v) is 6.52. The first kappa shape index (κ1) is 13.1. The summed E-state index contributed by atoms with van der Waals surface area (Å²) in [6, 6.07) is 4.13. The van der Waals surface area contributed by atoms with Crippen molar-refractivity contribution in [2.75, 3.05) is 20.3 Å². The quantitative estimate of drug-likeness (QED) is 0.762. The van der Waals surface area contributed by atoms with Gasteiger partial charge in [0.15, 0.2) is 0 Å². The minimum absolute atomic E-state index is 0.787. The molecular weight excluding hydrogens is 226 g/mol. The van der Waals surface area contributed by atoms with Gasteiger partial charge in [-0.05, 0) is 38.1 Å². The van der Waals surface area contributed by atoms with E-state index in [2.05, 4.69) is 27.1 Å². The molecule has 0 fully saturated rings. The van der Waals surface area contributed by atoms with Crippen molar-refractivity contribution in [3.05, 3.63) is 30.1 Å². The summed E-state index contributed by atoms with van der Waals surface area (Å²) < 4.78 is 7.60. The van der Waals surface area contributed by atoms with Crippen LogP contribution < -0.4 is 5.32 Å². The fourth-order valence-corrected chi connectivity index (χ4v) is 2.18. The maximum Gasteiger partial charge on any atom is 0.140 e. The predicted octanol–water partition coefficient (Wildman–Crippen LogP) is 2.18. The van der Waals surface area contributed by atoms with Gasteiger partial charge in [-0.15, -0.1) is 0 Å². The highest BCUT2D eigenvalue weighted by Crippen LogP contribution is 2.19. The first-order chi connectivity index (χ1) is 8.86. The van der Waals surface area contributed by atoms with Gasteiger partial charge in [0.2, 0.25) is 0 Å². The smallest absolute Gasteiger partial charge is 0.140 e. The SMILES string of the molecule is CCOCCCn1cc(CNC)c2cccnc21. The number of pyridine rings is 1. The molecule has 4 nitrogen and oxygen atoms in total. The zero-order chi connectivity index (χ0) is 12.8. The molecule has 0 saturated carbocycles. The summed E-state index contributed by atoms with van der Waals surface area (Å²) in [6.45, 7) is 5.45. The number of hydrogen-bond acceptors (Lipinski definition) is 3. The van der Waals surface area contributed by atoms with Crippen LogP contribution in [0.1, 0.15) is 18.9 Å². The van der Waals surface area contributed by atoms with Gasteiger partial charge in [-0.2, -0.15) is 0 Å². The Morgan fingerprint density at radius 1 is 1.44 bits per heavy atom. The molecule has 0 atom stereocenters. The Balaban J connectivity index is 2.16. The van der Waals surface area contributed by atoms with Crippen molar-refractivity contribution < 1.29 is 4.74 Å². The summed E-state index contributed by atoms with van der Waals surface area (Å²) >= 11 is 0. The Hall–Kier alpha value is -1.39. The Morgan fingerprint density at radius 2 is 2.33 bits per heavy atom. The minimum Gasteiger partial charge on any atom is -0.382 e. The lowest BCUT2D eigenvalue weighted by atomic mass is 10.2. The third-order valence-corrected chi connectivity index (χ3v) is 2.98. The van der Waals surface area contributed by atoms with Gasteiger partial charge in [0, 0.05) is 44.1 Å². The highest BCUT2D eigenvalue weighted by Gasteiger charge is 2.07. The average Bonchev–Trinajstić information content (AvgIpc) is 2.74. The molecule has 2 heterocycles. The number of fused-ring (bicyclic) bond motifs is 1. The lowest BCUT2D eigenvalue weighted by Gasteiger charge is -2.04. The predicted molar refractivity (Wildman–Crippen MR) is 73.6 cm³/mol. The third kappa shape index (κ3) is 2.89. The molecule has 0 unspecified atom stereocenters. The van der Waals surface area contributed by atoms with Crippen LogP contribution in [0.25, 0.3) is 11.0 Å². The van der Waals surface area contributed by atoms with Crippen LogP contribution in [-0.2, 0) is 17.8 Å². The summed E-state index contributed by atoms with van der Waals surface area (Å²) in [7, 11) is 1.97. The number of rotatable bonds is 7. The van der Waals surface area contributed by atoms with Crippen molar-refractivity contribution in [2.24, 2.45) is 0 Å². The van der Waals surface area contributed by atoms with Gasteiger partial charge < -0.3 is 14.6 Å². The van der Waals surface area contributed by atoms with E-state index in [9.17, 15) is 0 Å². The van der Waals surface area contributed by atoms with Crippen LogP contribution in [0.5, 0.6) is 0 Å². The number of hydrogen-bond donors (Lipinski definition) is 1. The van der Waals surface area contributed by atoms with E-state index in [0.717, 1.165) is 38.4 Å². The lowest BCUT2D eigenvalue weighted by Crippen LogP contribution is -2.04. The summed E-state index contributed by atoms with van der Waals surface area (Å²) in [6.07, 6.45) is 5.07. The van der Waals surface area contributed by atoms with Crippen molar-refractivity contribution in [2.45, 2.75) is 26.4 Å². The molecule has 0 spiro atoms. The summed E-state index contributed by atoms with van der Waals surface area (Å²) in [4.78, 5) is 4.48. The van der Waals surface area contributed by atoms with Gasteiger partial charge in [0.05, 0.1) is 0 Å². The van der Waals surface area contributed by atoms with Crippen LogP contribution in [0.2, 0.25) is 0 Å². The molecule has 0 aliphatic heterocycles. The summed E-state index contributed by atoms with van der Waals surface area (Å²) in [5, 5.41) is 4.44. The molecule has 98 valence electrons. The second kappa shape index (κ2) is 6.52. The maximum atomic E-state index is 5.38. The summed E-state index contributed by atoms with van der Waals surface area (Å²) in [5.74, 6) is 0. The molecule has 0 aliphatic rings. The van der Waals surface area contributed by atoms with Gasteiger partial charge in [0.25, 0.3) is 0 Å². The molecule has 18 heavy (non-hydrogen) atoms. The first-order valence-electron chi connectivity index (χ1n) is 6.52. The van der Waals surface area contributed by atoms with E-state index in [4.69, 9.17) is 4.74 Å². The number of aryl methyl sites for hydroxylation is 1. The van der Waals surface area contributed by atoms with E-state index in [0.29, 0.717) is 0 Å². The van der Waals surface area contributed by atoms with Gasteiger partial charge in [-0.1, -0.05) is 0 Å². The van der Waals surface area contributed by atoms with Gasteiger partial charge in [-0.25, -0.2) is 4.98 Å². The number of ether oxygens (including phenoxy) is 1. The molecule has 0 aromatic carbocycles. The lowest BCUT2D eigenvalue weighted by molar-refractivity contribution is 0.142. The second-order valence-corrected chi connectivity index (χ2v) is 4.30. The van der Waals surface area contributed by atoms with Crippen molar-refractivity contribution in [1.29, 1.82) is 0 Å². The van der Waals surface area contributed by atoms with Crippen LogP contribution in [0.15, 0.2) is 24.5 Å². The second-order valence-electron chi connectivity index (χ2n) is 4.30. The monoisotopic (exact) mass is 247 g/mol. The Bertz CT molecular complexity index is 493. The molecule has 0 saturated heterocycles. The molecule has 0 radical (unpaired) electrons. The van der Waals surface area contributed by atoms with Crippen LogP contribution in [0.3, 0.4) is 0 Å². The molecule has 2 rings (SSSR count). The molecule has 2 aromatic rings. The maximum absolute atomic E-state index is 5.38. The summed E-state index contributed by atoms with van der Waals surface area (Å²) in [5.41, 5.74) is 2.37. The Kier molecular flexibility index (Phi) is 4.73. The standard InChI is InChI=1S/C14H21N3O/c1-3-18-9-5-8-17-11-12(10-15-2)13-6-4-7-16-14(13)17/h4,6-7,11,15H,3,5,8-10H2,1-2H3. The Morgan fingerprint density at radius 3 is 3.11 bits per heavy atom. The molecular formula is C14H21N3O. The van der Waals surface area contributed by atoms with Crippen molar-refractivity contribution >= 4 is 11.0 Å². The number of aromatic nitrogens is 2. The molecule has 2 aromatic heterocycles. The zero-order valence-corrected chi connectivity index (χ0v) is 11.1. The molecule has 0 amide bonds. The van der Waals surface area contributed by atoms with Gasteiger partial charge in [-0.3, -0.25) is 0 Å². The average molecular weight is 247 g/mol. The van der Waals surface area contributed by atoms with Crippen molar-refractivity contribution in [3.63, 3.8) is 0 Å². The molecule has 4 heteroatoms. The van der Waals surface area contributed by atoms with Crippen LogP contribution >= 0.6 is 0 Å². The third-order valence-electron chi connectivity index (χ3n) is 2.98. The van der Waals surface area contributed by atoms with Gasteiger partial charge in [0.1, 0.15) is 5.65 Å². The van der Waals surface area contributed by atoms with E-state index in [1.165, 1.54) is 10.9 Å². The topological polar surface area (TPSA) is 39.1 Å². The van der Waals surface area contributed by atoms with Crippen molar-refractivity contribution in [3.8, 4) is 0 Å². The number of nitrogens with one attached hydrogen (secondary N) is 1. The van der Waals surface area contributed by atoms with Crippen LogP contribution in [0, 0.1) is 0 Å². The largest absolute Gasteiger partial charge is 0.382 e. The number of nitrogens with zero attached hydrogens (tertiary/aromatic N) is 2. The molecule has 1 N–H and O–H groups in total. The van der Waals surface area contributed by atoms with Crippen LogP contribution in [0.4, 0.5) is 0 Å². The minimum atomic E-state index is 0.787. The normalized spacial score (nSPS) is 11.2. The highest BCUT2D eigenvalue weighted by atomic mass is 16.5. The van der Waals surface area contributed by atoms with E-state index in [1.54, 1.807) is 0 Å².